The van der Waals surface area contributed by atoms with Crippen LogP contribution in [0.3, 0.4) is 0 Å². The molecule has 1 amide bonds. The zero-order valence-corrected chi connectivity index (χ0v) is 12.7. The summed E-state index contributed by atoms with van der Waals surface area (Å²) < 4.78 is 5.46. The first kappa shape index (κ1) is 13.4. The molecule has 0 radical (unpaired) electrons. The van der Waals surface area contributed by atoms with Gasteiger partial charge in [-0.1, -0.05) is 0 Å². The van der Waals surface area contributed by atoms with Crippen LogP contribution in [0, 0.1) is 6.92 Å². The van der Waals surface area contributed by atoms with Crippen LogP contribution in [0.1, 0.15) is 55.3 Å². The summed E-state index contributed by atoms with van der Waals surface area (Å²) in [5.41, 5.74) is 5.88. The standard InChI is InChI=1S/C16H22N2O2/c1-10-11-6-5-7-12(11)13-8-18(9-14(13)17-10)15(19)20-16(2,3)4/h5-9H2,1-4H3. The van der Waals surface area contributed by atoms with Crippen LogP contribution in [0.4, 0.5) is 4.79 Å². The Morgan fingerprint density at radius 3 is 2.55 bits per heavy atom. The smallest absolute Gasteiger partial charge is 0.410 e. The molecule has 1 aromatic rings. The van der Waals surface area contributed by atoms with Crippen LogP contribution in [0.25, 0.3) is 0 Å². The number of carbonyl (C=O) groups is 1. The highest BCUT2D eigenvalue weighted by Gasteiger charge is 2.32. The summed E-state index contributed by atoms with van der Waals surface area (Å²) >= 11 is 0. The highest BCUT2D eigenvalue weighted by molar-refractivity contribution is 5.69. The third-order valence-electron chi connectivity index (χ3n) is 4.01. The Morgan fingerprint density at radius 1 is 1.15 bits per heavy atom. The van der Waals surface area contributed by atoms with Crippen molar-refractivity contribution in [2.75, 3.05) is 0 Å². The van der Waals surface area contributed by atoms with Gasteiger partial charge >= 0.3 is 6.09 Å². The van der Waals surface area contributed by atoms with Crippen LogP contribution in [0.5, 0.6) is 0 Å². The van der Waals surface area contributed by atoms with E-state index in [2.05, 4.69) is 6.92 Å². The van der Waals surface area contributed by atoms with Crippen molar-refractivity contribution in [3.63, 3.8) is 0 Å². The van der Waals surface area contributed by atoms with Crippen molar-refractivity contribution in [2.45, 2.75) is 65.6 Å². The summed E-state index contributed by atoms with van der Waals surface area (Å²) in [4.78, 5) is 18.7. The summed E-state index contributed by atoms with van der Waals surface area (Å²) in [5, 5.41) is 0. The molecule has 3 rings (SSSR count). The molecule has 0 bridgehead atoms. The van der Waals surface area contributed by atoms with Gasteiger partial charge in [-0.25, -0.2) is 4.79 Å². The molecule has 0 aromatic carbocycles. The fourth-order valence-electron chi connectivity index (χ4n) is 3.19. The first-order valence-electron chi connectivity index (χ1n) is 7.33. The van der Waals surface area contributed by atoms with Gasteiger partial charge in [-0.05, 0) is 63.6 Å². The normalized spacial score (nSPS) is 17.1. The third-order valence-corrected chi connectivity index (χ3v) is 4.01. The molecule has 0 spiro atoms. The molecule has 1 aliphatic carbocycles. The minimum absolute atomic E-state index is 0.236. The Bertz CT molecular complexity index is 573. The van der Waals surface area contributed by atoms with E-state index in [0.29, 0.717) is 13.1 Å². The maximum atomic E-state index is 12.2. The number of fused-ring (bicyclic) bond motifs is 3. The number of hydrogen-bond donors (Lipinski definition) is 0. The van der Waals surface area contributed by atoms with E-state index in [1.807, 2.05) is 20.8 Å². The van der Waals surface area contributed by atoms with Crippen LogP contribution in [-0.2, 0) is 30.7 Å². The quantitative estimate of drug-likeness (QED) is 0.730. The first-order chi connectivity index (χ1) is 9.35. The Balaban J connectivity index is 1.85. The van der Waals surface area contributed by atoms with Crippen molar-refractivity contribution in [1.29, 1.82) is 0 Å². The number of hydrogen-bond acceptors (Lipinski definition) is 3. The number of carbonyl (C=O) groups excluding carboxylic acids is 1. The van der Waals surface area contributed by atoms with Gasteiger partial charge in [0.1, 0.15) is 5.60 Å². The van der Waals surface area contributed by atoms with E-state index >= 15 is 0 Å². The topological polar surface area (TPSA) is 42.4 Å². The molecule has 2 aliphatic rings. The van der Waals surface area contributed by atoms with Gasteiger partial charge in [-0.3, -0.25) is 9.88 Å². The molecule has 4 heteroatoms. The average Bonchev–Trinajstić information content (AvgIpc) is 2.90. The van der Waals surface area contributed by atoms with Gasteiger partial charge in [0.2, 0.25) is 0 Å². The fourth-order valence-corrected chi connectivity index (χ4v) is 3.19. The fraction of sp³-hybridized carbons (Fsp3) is 0.625. The highest BCUT2D eigenvalue weighted by atomic mass is 16.6. The van der Waals surface area contributed by atoms with Crippen LogP contribution < -0.4 is 0 Å². The molecule has 0 atom stereocenters. The minimum atomic E-state index is -0.447. The van der Waals surface area contributed by atoms with Crippen molar-refractivity contribution in [3.8, 4) is 0 Å². The minimum Gasteiger partial charge on any atom is -0.444 e. The largest absolute Gasteiger partial charge is 0.444 e. The van der Waals surface area contributed by atoms with E-state index in [-0.39, 0.29) is 6.09 Å². The van der Waals surface area contributed by atoms with Gasteiger partial charge in [0.25, 0.3) is 0 Å². The van der Waals surface area contributed by atoms with Crippen LogP contribution in [-0.4, -0.2) is 21.6 Å². The molecule has 1 aromatic heterocycles. The van der Waals surface area contributed by atoms with Gasteiger partial charge in [-0.2, -0.15) is 0 Å². The number of pyridine rings is 1. The number of nitrogens with zero attached hydrogens (tertiary/aromatic N) is 2. The van der Waals surface area contributed by atoms with E-state index in [9.17, 15) is 4.79 Å². The monoisotopic (exact) mass is 274 g/mol. The molecule has 2 heterocycles. The van der Waals surface area contributed by atoms with E-state index in [1.54, 1.807) is 4.90 Å². The summed E-state index contributed by atoms with van der Waals surface area (Å²) in [5.74, 6) is 0. The third kappa shape index (κ3) is 2.28. The summed E-state index contributed by atoms with van der Waals surface area (Å²) in [6.07, 6.45) is 3.23. The van der Waals surface area contributed by atoms with E-state index in [4.69, 9.17) is 9.72 Å². The number of ether oxygens (including phenoxy) is 1. The van der Waals surface area contributed by atoms with Crippen molar-refractivity contribution in [2.24, 2.45) is 0 Å². The SMILES string of the molecule is Cc1nc2c(c3c1CCC3)CN(C(=O)OC(C)(C)C)C2. The predicted octanol–water partition coefficient (Wildman–Crippen LogP) is 3.13. The summed E-state index contributed by atoms with van der Waals surface area (Å²) in [6.45, 7) is 9.01. The molecule has 0 saturated heterocycles. The molecule has 0 unspecified atom stereocenters. The molecule has 0 N–H and O–H groups in total. The lowest BCUT2D eigenvalue weighted by atomic mass is 10.0. The van der Waals surface area contributed by atoms with Gasteiger partial charge < -0.3 is 4.74 Å². The maximum absolute atomic E-state index is 12.2. The summed E-state index contributed by atoms with van der Waals surface area (Å²) in [7, 11) is 0. The van der Waals surface area contributed by atoms with E-state index in [1.165, 1.54) is 23.1 Å². The zero-order valence-electron chi connectivity index (χ0n) is 12.7. The molecule has 20 heavy (non-hydrogen) atoms. The van der Waals surface area contributed by atoms with Crippen LogP contribution in [0.15, 0.2) is 0 Å². The Morgan fingerprint density at radius 2 is 1.85 bits per heavy atom. The van der Waals surface area contributed by atoms with Gasteiger partial charge in [-0.15, -0.1) is 0 Å². The molecule has 1 aliphatic heterocycles. The second-order valence-corrected chi connectivity index (χ2v) is 6.77. The lowest BCUT2D eigenvalue weighted by Crippen LogP contribution is -2.33. The lowest BCUT2D eigenvalue weighted by Gasteiger charge is -2.24. The Hall–Kier alpha value is -1.58. The van der Waals surface area contributed by atoms with Crippen molar-refractivity contribution < 1.29 is 9.53 Å². The van der Waals surface area contributed by atoms with Crippen LogP contribution in [0.2, 0.25) is 0 Å². The van der Waals surface area contributed by atoms with Crippen molar-refractivity contribution in [1.82, 2.24) is 9.88 Å². The maximum Gasteiger partial charge on any atom is 0.410 e. The second-order valence-electron chi connectivity index (χ2n) is 6.77. The van der Waals surface area contributed by atoms with Gasteiger partial charge in [0, 0.05) is 5.69 Å². The van der Waals surface area contributed by atoms with Crippen molar-refractivity contribution >= 4 is 6.09 Å². The Labute approximate surface area is 120 Å². The average molecular weight is 274 g/mol. The van der Waals surface area contributed by atoms with E-state index in [0.717, 1.165) is 24.2 Å². The molecule has 4 nitrogen and oxygen atoms in total. The van der Waals surface area contributed by atoms with E-state index < -0.39 is 5.60 Å². The molecule has 108 valence electrons. The summed E-state index contributed by atoms with van der Waals surface area (Å²) in [6, 6.07) is 0. The highest BCUT2D eigenvalue weighted by Crippen LogP contribution is 2.34. The Kier molecular flexibility index (Phi) is 3.00. The van der Waals surface area contributed by atoms with Gasteiger partial charge in [0.15, 0.2) is 0 Å². The van der Waals surface area contributed by atoms with Gasteiger partial charge in [0.05, 0.1) is 18.8 Å². The molecular formula is C16H22N2O2. The number of rotatable bonds is 0. The zero-order chi connectivity index (χ0) is 14.5. The molecule has 0 fully saturated rings. The van der Waals surface area contributed by atoms with Crippen LogP contribution >= 0.6 is 0 Å². The predicted molar refractivity (Wildman–Crippen MR) is 76.5 cm³/mol. The number of amides is 1. The number of aromatic nitrogens is 1. The van der Waals surface area contributed by atoms with Crippen molar-refractivity contribution in [3.05, 3.63) is 28.1 Å². The molecular weight excluding hydrogens is 252 g/mol. The molecule has 0 saturated carbocycles. The lowest BCUT2D eigenvalue weighted by molar-refractivity contribution is 0.0240. The second kappa shape index (κ2) is 4.47. The first-order valence-corrected chi connectivity index (χ1v) is 7.33. The number of aryl methyl sites for hydroxylation is 1.